The predicted octanol–water partition coefficient (Wildman–Crippen LogP) is 5.70. The molecule has 0 spiro atoms. The summed E-state index contributed by atoms with van der Waals surface area (Å²) in [6, 6.07) is 11.5. The minimum atomic E-state index is -5.20. The fourth-order valence-electron chi connectivity index (χ4n) is 5.68. The molecule has 4 rings (SSSR count). The lowest BCUT2D eigenvalue weighted by Gasteiger charge is -2.43. The highest BCUT2D eigenvalue weighted by Gasteiger charge is 2.47. The third kappa shape index (κ3) is 7.87. The summed E-state index contributed by atoms with van der Waals surface area (Å²) < 4.78 is 94.7. The molecule has 3 unspecified atom stereocenters. The Kier molecular flexibility index (Phi) is 10.8. The van der Waals surface area contributed by atoms with Crippen molar-refractivity contribution in [3.8, 4) is 5.75 Å². The molecule has 0 saturated heterocycles. The van der Waals surface area contributed by atoms with Crippen molar-refractivity contribution < 1.29 is 50.2 Å². The molecule has 1 heterocycles. The number of halogens is 6. The lowest BCUT2D eigenvalue weighted by molar-refractivity contribution is -0.143. The maximum absolute atomic E-state index is 14.2. The average molecular weight is 666 g/mol. The van der Waals surface area contributed by atoms with Gasteiger partial charge in [-0.1, -0.05) is 30.3 Å². The second-order valence-corrected chi connectivity index (χ2v) is 10.8. The highest BCUT2D eigenvalue weighted by Crippen LogP contribution is 2.46. The van der Waals surface area contributed by atoms with Gasteiger partial charge >= 0.3 is 12.4 Å². The molecule has 0 bridgehead atoms. The van der Waals surface area contributed by atoms with Gasteiger partial charge in [-0.05, 0) is 60.0 Å². The van der Waals surface area contributed by atoms with Gasteiger partial charge in [-0.15, -0.1) is 0 Å². The molecule has 0 aromatic heterocycles. The summed E-state index contributed by atoms with van der Waals surface area (Å²) in [5, 5.41) is 5.30. The van der Waals surface area contributed by atoms with E-state index in [0.717, 1.165) is 4.90 Å². The van der Waals surface area contributed by atoms with Gasteiger partial charge in [0.25, 0.3) is 5.91 Å². The normalized spacial score (nSPS) is 17.1. The van der Waals surface area contributed by atoms with Crippen molar-refractivity contribution in [3.05, 3.63) is 100 Å². The van der Waals surface area contributed by atoms with Gasteiger partial charge in [0, 0.05) is 32.3 Å². The number of ether oxygens (including phenoxy) is 2. The van der Waals surface area contributed by atoms with Crippen molar-refractivity contribution in [1.82, 2.24) is 15.5 Å². The van der Waals surface area contributed by atoms with Crippen LogP contribution in [-0.2, 0) is 26.7 Å². The van der Waals surface area contributed by atoms with Gasteiger partial charge in [-0.3, -0.25) is 14.4 Å². The number of carbonyl (C=O) groups excluding carboxylic acids is 3. The number of rotatable bonds is 11. The minimum Gasteiger partial charge on any atom is -0.497 e. The number of alkyl halides is 6. The van der Waals surface area contributed by atoms with Crippen LogP contribution in [0.1, 0.15) is 63.0 Å². The third-order valence-electron chi connectivity index (χ3n) is 7.82. The van der Waals surface area contributed by atoms with Crippen molar-refractivity contribution in [2.75, 3.05) is 40.5 Å². The first kappa shape index (κ1) is 35.3. The molecule has 8 nitrogen and oxygen atoms in total. The van der Waals surface area contributed by atoms with Crippen molar-refractivity contribution in [3.63, 3.8) is 0 Å². The predicted molar refractivity (Wildman–Crippen MR) is 159 cm³/mol. The molecule has 0 aliphatic carbocycles. The van der Waals surface area contributed by atoms with E-state index in [4.69, 9.17) is 9.47 Å². The first-order valence-electron chi connectivity index (χ1n) is 14.6. The summed E-state index contributed by atoms with van der Waals surface area (Å²) in [7, 11) is 2.78. The molecule has 1 aliphatic rings. The molecule has 3 atom stereocenters. The van der Waals surface area contributed by atoms with E-state index in [9.17, 15) is 40.7 Å². The van der Waals surface area contributed by atoms with Crippen LogP contribution in [0.15, 0.2) is 66.7 Å². The molecule has 1 aliphatic heterocycles. The van der Waals surface area contributed by atoms with Crippen molar-refractivity contribution in [1.29, 1.82) is 0 Å². The van der Waals surface area contributed by atoms with Gasteiger partial charge in [0.2, 0.25) is 11.8 Å². The Labute approximate surface area is 267 Å². The lowest BCUT2D eigenvalue weighted by atomic mass is 9.77. The molecule has 0 saturated carbocycles. The lowest BCUT2D eigenvalue weighted by Crippen LogP contribution is -2.50. The summed E-state index contributed by atoms with van der Waals surface area (Å²) in [6.45, 7) is 1.37. The molecule has 3 aromatic rings. The first-order chi connectivity index (χ1) is 22.2. The van der Waals surface area contributed by atoms with Crippen molar-refractivity contribution >= 4 is 17.7 Å². The maximum Gasteiger partial charge on any atom is 0.416 e. The summed E-state index contributed by atoms with van der Waals surface area (Å²) in [6.07, 6.45) is -10.4. The molecule has 3 aromatic carbocycles. The van der Waals surface area contributed by atoms with Gasteiger partial charge < -0.3 is 25.0 Å². The smallest absolute Gasteiger partial charge is 0.416 e. The quantitative estimate of drug-likeness (QED) is 0.203. The number of fused-ring (bicyclic) bond motifs is 1. The van der Waals surface area contributed by atoms with Crippen LogP contribution in [0.2, 0.25) is 0 Å². The number of amides is 3. The van der Waals surface area contributed by atoms with Crippen molar-refractivity contribution in [2.24, 2.45) is 0 Å². The molecule has 3 amide bonds. The fourth-order valence-corrected chi connectivity index (χ4v) is 5.68. The fraction of sp³-hybridized carbons (Fsp3) is 0.364. The summed E-state index contributed by atoms with van der Waals surface area (Å²) in [5.74, 6) is -4.37. The standard InChI is InChI=1S/C33H33F6N3O5/c1-4-40-29(43)26(19-8-7-9-23(16-19)47-3)18-42-28(20-14-21(32(34,35)36)17-22(15-20)33(37,38)39)27(30(44)41-12-13-46-2)24-10-5-6-11-25(24)31(42)45/h5-11,14-17,26-28H,4,12-13,18H2,1-3H3,(H,40,43)(H,41,44). The molecule has 47 heavy (non-hydrogen) atoms. The Balaban J connectivity index is 2.01. The topological polar surface area (TPSA) is 97.0 Å². The van der Waals surface area contributed by atoms with E-state index in [0.29, 0.717) is 23.4 Å². The van der Waals surface area contributed by atoms with Crippen LogP contribution in [0.5, 0.6) is 5.75 Å². The van der Waals surface area contributed by atoms with Crippen LogP contribution < -0.4 is 15.4 Å². The van der Waals surface area contributed by atoms with E-state index in [1.165, 1.54) is 44.6 Å². The summed E-state index contributed by atoms with van der Waals surface area (Å²) >= 11 is 0. The molecule has 2 N–H and O–H groups in total. The Morgan fingerprint density at radius 3 is 2.15 bits per heavy atom. The Bertz CT molecular complexity index is 1580. The van der Waals surface area contributed by atoms with Crippen LogP contribution in [0.25, 0.3) is 0 Å². The second kappa shape index (κ2) is 14.4. The first-order valence-corrected chi connectivity index (χ1v) is 14.6. The minimum absolute atomic E-state index is 0.0129. The summed E-state index contributed by atoms with van der Waals surface area (Å²) in [4.78, 5) is 42.6. The van der Waals surface area contributed by atoms with Crippen LogP contribution in [0, 0.1) is 0 Å². The van der Waals surface area contributed by atoms with Crippen molar-refractivity contribution in [2.45, 2.75) is 37.2 Å². The highest BCUT2D eigenvalue weighted by atomic mass is 19.4. The number of nitrogens with one attached hydrogen (secondary N) is 2. The van der Waals surface area contributed by atoms with E-state index in [1.54, 1.807) is 25.1 Å². The number of likely N-dealkylation sites (N-methyl/N-ethyl adjacent to an activating group) is 1. The largest absolute Gasteiger partial charge is 0.497 e. The number of hydrogen-bond acceptors (Lipinski definition) is 5. The molecular weight excluding hydrogens is 632 g/mol. The zero-order valence-electron chi connectivity index (χ0n) is 25.7. The van der Waals surface area contributed by atoms with Gasteiger partial charge in [0.15, 0.2) is 0 Å². The Morgan fingerprint density at radius 1 is 0.894 bits per heavy atom. The number of benzene rings is 3. The Hall–Kier alpha value is -4.59. The van der Waals surface area contributed by atoms with Crippen LogP contribution in [-0.4, -0.2) is 63.1 Å². The van der Waals surface area contributed by atoms with Crippen LogP contribution in [0.3, 0.4) is 0 Å². The molecule has 14 heteroatoms. The molecule has 0 radical (unpaired) electrons. The zero-order chi connectivity index (χ0) is 34.5. The number of hydrogen-bond donors (Lipinski definition) is 2. The summed E-state index contributed by atoms with van der Waals surface area (Å²) in [5.41, 5.74) is -3.32. The van der Waals surface area contributed by atoms with Gasteiger partial charge in [-0.25, -0.2) is 0 Å². The van der Waals surface area contributed by atoms with E-state index < -0.39 is 71.2 Å². The highest BCUT2D eigenvalue weighted by molar-refractivity contribution is 6.01. The van der Waals surface area contributed by atoms with Crippen LogP contribution >= 0.6 is 0 Å². The average Bonchev–Trinajstić information content (AvgIpc) is 3.03. The van der Waals surface area contributed by atoms with E-state index in [-0.39, 0.29) is 36.9 Å². The monoisotopic (exact) mass is 665 g/mol. The SMILES string of the molecule is CCNC(=O)C(CN1C(=O)c2ccccc2C(C(=O)NCCOC)C1c1cc(C(F)(F)F)cc(C(F)(F)F)c1)c1cccc(OC)c1. The molecular formula is C33H33F6N3O5. The van der Waals surface area contributed by atoms with Gasteiger partial charge in [-0.2, -0.15) is 26.3 Å². The number of nitrogens with zero attached hydrogens (tertiary/aromatic N) is 1. The third-order valence-corrected chi connectivity index (χ3v) is 7.82. The van der Waals surface area contributed by atoms with Gasteiger partial charge in [0.1, 0.15) is 5.75 Å². The number of methoxy groups -OCH3 is 2. The zero-order valence-corrected chi connectivity index (χ0v) is 25.7. The second-order valence-electron chi connectivity index (χ2n) is 10.8. The van der Waals surface area contributed by atoms with Gasteiger partial charge in [0.05, 0.1) is 42.7 Å². The maximum atomic E-state index is 14.2. The molecule has 0 fully saturated rings. The Morgan fingerprint density at radius 2 is 1.55 bits per heavy atom. The number of carbonyl (C=O) groups is 3. The van der Waals surface area contributed by atoms with Crippen LogP contribution in [0.4, 0.5) is 26.3 Å². The van der Waals surface area contributed by atoms with E-state index >= 15 is 0 Å². The van der Waals surface area contributed by atoms with E-state index in [1.807, 2.05) is 0 Å². The molecule has 252 valence electrons. The van der Waals surface area contributed by atoms with E-state index in [2.05, 4.69) is 10.6 Å².